The van der Waals surface area contributed by atoms with E-state index in [0.717, 1.165) is 6.92 Å². The molecule has 1 aliphatic heterocycles. The Balaban J connectivity index is 2.33. The number of fused-ring (bicyclic) bond motifs is 1. The number of benzene rings is 1. The van der Waals surface area contributed by atoms with Crippen LogP contribution in [-0.2, 0) is 11.8 Å². The quantitative estimate of drug-likeness (QED) is 0.785. The van der Waals surface area contributed by atoms with Crippen LogP contribution in [0.5, 0.6) is 5.75 Å². The highest BCUT2D eigenvalue weighted by Crippen LogP contribution is 2.56. The Labute approximate surface area is 148 Å². The van der Waals surface area contributed by atoms with E-state index in [1.165, 1.54) is 25.3 Å². The molecule has 1 aromatic carbocycles. The molecule has 2 aliphatic carbocycles. The van der Waals surface area contributed by atoms with Crippen LogP contribution >= 0.6 is 0 Å². The maximum absolute atomic E-state index is 9.63. The fraction of sp³-hybridized carbons (Fsp3) is 0.684. The first-order valence-electron chi connectivity index (χ1n) is 14.0. The molecule has 1 aromatic rings. The molecular formula is C19H27NO. The van der Waals surface area contributed by atoms with Gasteiger partial charge in [-0.1, -0.05) is 13.0 Å². The standard InChI is InChI=1S/C19H27NO/c1-13-6-7-19-8-9-20(2)18(17(19)10-13)11-14-4-5-15(21-3)12-16(14)19/h4-5,12-13,17-18H,6-11H2,1-3H3/t13?,17-,18+,19-/m1/s1/i2D3,6D2,7D2,10D2,11D2,13D,17D,18D. The van der Waals surface area contributed by atoms with Crippen molar-refractivity contribution in [2.45, 2.75) is 50.3 Å². The number of piperidine rings is 1. The molecule has 1 saturated carbocycles. The number of likely N-dealkylation sites (N-methyl/N-ethyl adjacent to an activating group) is 1. The summed E-state index contributed by atoms with van der Waals surface area (Å²) >= 11 is 0. The van der Waals surface area contributed by atoms with Crippen molar-refractivity contribution in [2.24, 2.45) is 11.8 Å². The van der Waals surface area contributed by atoms with Crippen molar-refractivity contribution < 1.29 is 23.9 Å². The number of likely N-dealkylation sites (tertiary alicyclic amines) is 1. The van der Waals surface area contributed by atoms with Gasteiger partial charge in [0.1, 0.15) is 5.75 Å². The third-order valence-corrected chi connectivity index (χ3v) is 4.36. The van der Waals surface area contributed by atoms with Crippen molar-refractivity contribution >= 4 is 0 Å². The second-order valence-electron chi connectivity index (χ2n) is 5.57. The molecule has 1 saturated heterocycles. The van der Waals surface area contributed by atoms with Crippen molar-refractivity contribution in [1.29, 1.82) is 0 Å². The molecule has 0 amide bonds. The summed E-state index contributed by atoms with van der Waals surface area (Å²) in [7, 11) is 1.30. The van der Waals surface area contributed by atoms with Crippen molar-refractivity contribution in [3.05, 3.63) is 29.3 Å². The second kappa shape index (κ2) is 4.74. The average Bonchev–Trinajstić information content (AvgIpc) is 2.71. The molecule has 0 radical (unpaired) electrons. The van der Waals surface area contributed by atoms with E-state index in [-0.39, 0.29) is 16.9 Å². The normalized spacial score (nSPS) is 69.0. The second-order valence-corrected chi connectivity index (χ2v) is 5.57. The Morgan fingerprint density at radius 3 is 3.24 bits per heavy atom. The summed E-state index contributed by atoms with van der Waals surface area (Å²) in [5, 5.41) is 0. The van der Waals surface area contributed by atoms with Gasteiger partial charge < -0.3 is 9.64 Å². The number of hydrogen-bond acceptors (Lipinski definition) is 2. The van der Waals surface area contributed by atoms with Gasteiger partial charge in [0.2, 0.25) is 0 Å². The van der Waals surface area contributed by atoms with E-state index >= 15 is 0 Å². The summed E-state index contributed by atoms with van der Waals surface area (Å²) in [6.45, 7) is -3.02. The van der Waals surface area contributed by atoms with Crippen LogP contribution in [0.1, 0.15) is 62.8 Å². The molecule has 3 aliphatic rings. The first-order chi connectivity index (χ1) is 15.5. The maximum atomic E-state index is 9.63. The first kappa shape index (κ1) is 5.26. The number of nitrogens with zero attached hydrogens (tertiary/aromatic N) is 1. The minimum atomic E-state index is -3.41. The van der Waals surface area contributed by atoms with E-state index in [1.54, 1.807) is 0 Å². The zero-order valence-corrected chi connectivity index (χ0v) is 12.0. The minimum Gasteiger partial charge on any atom is -0.497 e. The third-order valence-electron chi connectivity index (χ3n) is 4.36. The smallest absolute Gasteiger partial charge is 0.119 e. The Bertz CT molecular complexity index is 1080. The molecule has 1 unspecified atom stereocenters. The van der Waals surface area contributed by atoms with Crippen LogP contribution in [0.25, 0.3) is 0 Å². The Hall–Kier alpha value is -1.02. The van der Waals surface area contributed by atoms with Gasteiger partial charge >= 0.3 is 0 Å². The van der Waals surface area contributed by atoms with Gasteiger partial charge in [-0.05, 0) is 80.5 Å². The van der Waals surface area contributed by atoms with Gasteiger partial charge in [0, 0.05) is 30.6 Å². The van der Waals surface area contributed by atoms with Crippen LogP contribution in [0.3, 0.4) is 0 Å². The number of ether oxygens (including phenoxy) is 1. The van der Waals surface area contributed by atoms with Gasteiger partial charge in [0.05, 0.1) is 7.11 Å². The average molecular weight is 300 g/mol. The fourth-order valence-corrected chi connectivity index (χ4v) is 3.27. The molecule has 2 nitrogen and oxygen atoms in total. The number of hydrogen-bond donors (Lipinski definition) is 0. The van der Waals surface area contributed by atoms with Gasteiger partial charge in [-0.3, -0.25) is 0 Å². The van der Waals surface area contributed by atoms with Gasteiger partial charge in [-0.25, -0.2) is 0 Å². The predicted octanol–water partition coefficient (Wildman–Crippen LogP) is 3.63. The van der Waals surface area contributed by atoms with Gasteiger partial charge in [0.25, 0.3) is 0 Å². The lowest BCUT2D eigenvalue weighted by Crippen LogP contribution is -2.60. The van der Waals surface area contributed by atoms with Crippen LogP contribution < -0.4 is 4.74 Å². The monoisotopic (exact) mass is 299 g/mol. The van der Waals surface area contributed by atoms with Crippen LogP contribution in [-0.4, -0.2) is 31.5 Å². The van der Waals surface area contributed by atoms with Crippen LogP contribution in [0.4, 0.5) is 0 Å². The lowest BCUT2D eigenvalue weighted by molar-refractivity contribution is -0.0112. The number of rotatable bonds is 1. The SMILES string of the molecule is [2H]C([2H])([2H])N1CC[C@]23c4cc(OC)ccc4C([2H])([2H])[C@@]1([2H])[C@@]2([2H])C([2H])([2H])C([2H])(C)C([2H])([2H])C3([2H])[2H]. The predicted molar refractivity (Wildman–Crippen MR) is 85.9 cm³/mol. The molecule has 21 heavy (non-hydrogen) atoms. The van der Waals surface area contributed by atoms with Gasteiger partial charge in [0.15, 0.2) is 0 Å². The molecule has 4 rings (SSSR count). The first-order valence-corrected chi connectivity index (χ1v) is 6.97. The molecule has 2 heteroatoms. The van der Waals surface area contributed by atoms with Crippen LogP contribution in [0, 0.1) is 11.8 Å². The van der Waals surface area contributed by atoms with Gasteiger partial charge in [-0.15, -0.1) is 0 Å². The van der Waals surface area contributed by atoms with Crippen molar-refractivity contribution in [3.8, 4) is 5.75 Å². The van der Waals surface area contributed by atoms with Crippen LogP contribution in [0.2, 0.25) is 0 Å². The summed E-state index contributed by atoms with van der Waals surface area (Å²) in [5.74, 6) is -6.19. The van der Waals surface area contributed by atoms with E-state index in [4.69, 9.17) is 21.2 Å². The zero-order valence-electron chi connectivity index (χ0n) is 26.0. The fourth-order valence-electron chi connectivity index (χ4n) is 3.27. The van der Waals surface area contributed by atoms with Crippen molar-refractivity contribution in [2.75, 3.05) is 20.6 Å². The van der Waals surface area contributed by atoms with Crippen molar-refractivity contribution in [3.63, 3.8) is 0 Å². The third kappa shape index (κ3) is 1.88. The van der Waals surface area contributed by atoms with Crippen LogP contribution in [0.15, 0.2) is 18.2 Å². The van der Waals surface area contributed by atoms with E-state index in [1.807, 2.05) is 0 Å². The molecule has 0 spiro atoms. The topological polar surface area (TPSA) is 12.5 Å². The summed E-state index contributed by atoms with van der Waals surface area (Å²) in [4.78, 5) is 0.406. The number of methoxy groups -OCH3 is 1. The molecule has 0 N–H and O–H groups in total. The van der Waals surface area contributed by atoms with Gasteiger partial charge in [-0.2, -0.15) is 0 Å². The highest BCUT2D eigenvalue weighted by Gasteiger charge is 2.54. The summed E-state index contributed by atoms with van der Waals surface area (Å²) in [6.07, 6.45) is -13.5. The molecule has 114 valence electrons. The Kier molecular flexibility index (Phi) is 1.19. The molecular weight excluding hydrogens is 258 g/mol. The molecule has 1 heterocycles. The summed E-state index contributed by atoms with van der Waals surface area (Å²) < 4.78 is 128. The highest BCUT2D eigenvalue weighted by atomic mass is 16.5. The van der Waals surface area contributed by atoms with E-state index in [2.05, 4.69) is 0 Å². The highest BCUT2D eigenvalue weighted by molar-refractivity contribution is 5.45. The lowest BCUT2D eigenvalue weighted by atomic mass is 9.51. The van der Waals surface area contributed by atoms with E-state index in [9.17, 15) is 2.74 Å². The maximum Gasteiger partial charge on any atom is 0.119 e. The molecule has 2 fully saturated rings. The Morgan fingerprint density at radius 1 is 1.52 bits per heavy atom. The van der Waals surface area contributed by atoms with E-state index < -0.39 is 68.7 Å². The summed E-state index contributed by atoms with van der Waals surface area (Å²) in [6, 6.07) is 0.467. The summed E-state index contributed by atoms with van der Waals surface area (Å²) in [5.41, 5.74) is -3.14. The zero-order chi connectivity index (χ0) is 27.1. The largest absolute Gasteiger partial charge is 0.497 e. The molecule has 2 bridgehead atoms. The van der Waals surface area contributed by atoms with E-state index in [0.29, 0.717) is 4.90 Å². The molecule has 4 atom stereocenters. The van der Waals surface area contributed by atoms with Crippen molar-refractivity contribution in [1.82, 2.24) is 4.90 Å². The lowest BCUT2D eigenvalue weighted by Gasteiger charge is -2.59. The minimum absolute atomic E-state index is 0.114. The Morgan fingerprint density at radius 2 is 2.43 bits per heavy atom. The molecule has 0 aromatic heterocycles.